The van der Waals surface area contributed by atoms with Crippen LogP contribution in [-0.2, 0) is 0 Å². The molecule has 0 bridgehead atoms. The Morgan fingerprint density at radius 1 is 1.41 bits per heavy atom. The molecule has 17 heavy (non-hydrogen) atoms. The molecule has 0 spiro atoms. The lowest BCUT2D eigenvalue weighted by atomic mass is 10.0. The topological polar surface area (TPSA) is 35.5 Å². The van der Waals surface area contributed by atoms with Gasteiger partial charge in [-0.05, 0) is 12.5 Å². The Bertz CT molecular complexity index is 378. The maximum atomic E-state index is 10.1. The minimum absolute atomic E-state index is 0.236. The van der Waals surface area contributed by atoms with Gasteiger partial charge in [0.1, 0.15) is 5.75 Å². The van der Waals surface area contributed by atoms with E-state index in [0.29, 0.717) is 5.02 Å². The zero-order valence-corrected chi connectivity index (χ0v) is 10.9. The van der Waals surface area contributed by atoms with Crippen LogP contribution < -0.4 is 5.32 Å². The molecule has 1 fully saturated rings. The van der Waals surface area contributed by atoms with Gasteiger partial charge in [-0.15, -0.1) is 0 Å². The first kappa shape index (κ1) is 12.7. The molecule has 1 aromatic rings. The molecule has 94 valence electrons. The van der Waals surface area contributed by atoms with Gasteiger partial charge in [0.15, 0.2) is 0 Å². The van der Waals surface area contributed by atoms with Crippen LogP contribution >= 0.6 is 11.6 Å². The van der Waals surface area contributed by atoms with Crippen molar-refractivity contribution >= 4 is 11.6 Å². The van der Waals surface area contributed by atoms with E-state index in [1.165, 1.54) is 0 Å². The highest BCUT2D eigenvalue weighted by atomic mass is 35.5. The predicted octanol–water partition coefficient (Wildman–Crippen LogP) is 2.40. The Morgan fingerprint density at radius 2 is 2.12 bits per heavy atom. The Kier molecular flexibility index (Phi) is 4.26. The first-order valence-electron chi connectivity index (χ1n) is 6.16. The molecule has 0 amide bonds. The van der Waals surface area contributed by atoms with Crippen molar-refractivity contribution in [2.24, 2.45) is 0 Å². The van der Waals surface area contributed by atoms with Gasteiger partial charge < -0.3 is 10.4 Å². The monoisotopic (exact) mass is 254 g/mol. The quantitative estimate of drug-likeness (QED) is 0.870. The van der Waals surface area contributed by atoms with E-state index in [0.717, 1.165) is 38.2 Å². The standard InChI is InChI=1S/C13H19ClN2O/c1-2-12(16-8-6-15-7-9-16)10-4-3-5-11(14)13(10)17/h3-5,12,15,17H,2,6-9H2,1H3/t12-/m0/s1. The highest BCUT2D eigenvalue weighted by Crippen LogP contribution is 2.35. The molecular formula is C13H19ClN2O. The zero-order valence-electron chi connectivity index (χ0n) is 10.1. The van der Waals surface area contributed by atoms with Crippen LogP contribution in [0.2, 0.25) is 5.02 Å². The SMILES string of the molecule is CC[C@@H](c1cccc(Cl)c1O)N1CCNCC1. The third-order valence-corrected chi connectivity index (χ3v) is 3.66. The number of phenols is 1. The van der Waals surface area contributed by atoms with Crippen LogP contribution in [0, 0.1) is 0 Å². The second-order valence-corrected chi connectivity index (χ2v) is 4.79. The summed E-state index contributed by atoms with van der Waals surface area (Å²) < 4.78 is 0. The predicted molar refractivity (Wildman–Crippen MR) is 70.6 cm³/mol. The summed E-state index contributed by atoms with van der Waals surface area (Å²) in [7, 11) is 0. The van der Waals surface area contributed by atoms with E-state index in [4.69, 9.17) is 11.6 Å². The van der Waals surface area contributed by atoms with Gasteiger partial charge in [-0.1, -0.05) is 30.7 Å². The summed E-state index contributed by atoms with van der Waals surface area (Å²) in [5.74, 6) is 0.236. The maximum absolute atomic E-state index is 10.1. The van der Waals surface area contributed by atoms with Gasteiger partial charge in [0.25, 0.3) is 0 Å². The van der Waals surface area contributed by atoms with Crippen LogP contribution in [0.25, 0.3) is 0 Å². The number of hydrogen-bond acceptors (Lipinski definition) is 3. The molecule has 1 aliphatic heterocycles. The fourth-order valence-electron chi connectivity index (χ4n) is 2.47. The number of nitrogens with zero attached hydrogens (tertiary/aromatic N) is 1. The van der Waals surface area contributed by atoms with Gasteiger partial charge >= 0.3 is 0 Å². The second kappa shape index (κ2) is 5.71. The van der Waals surface area contributed by atoms with Crippen LogP contribution in [0.4, 0.5) is 0 Å². The molecule has 0 aliphatic carbocycles. The molecule has 1 aliphatic rings. The average Bonchev–Trinajstić information content (AvgIpc) is 2.37. The average molecular weight is 255 g/mol. The van der Waals surface area contributed by atoms with Crippen molar-refractivity contribution in [3.8, 4) is 5.75 Å². The molecule has 1 aromatic carbocycles. The number of halogens is 1. The largest absolute Gasteiger partial charge is 0.506 e. The molecule has 2 rings (SSSR count). The Labute approximate surface area is 107 Å². The Morgan fingerprint density at radius 3 is 2.76 bits per heavy atom. The molecule has 0 radical (unpaired) electrons. The molecule has 1 atom stereocenters. The zero-order chi connectivity index (χ0) is 12.3. The van der Waals surface area contributed by atoms with E-state index in [-0.39, 0.29) is 11.8 Å². The van der Waals surface area contributed by atoms with Crippen molar-refractivity contribution in [3.05, 3.63) is 28.8 Å². The number of phenolic OH excluding ortho intramolecular Hbond substituents is 1. The van der Waals surface area contributed by atoms with Crippen LogP contribution in [0.1, 0.15) is 24.9 Å². The highest BCUT2D eigenvalue weighted by molar-refractivity contribution is 6.32. The van der Waals surface area contributed by atoms with Gasteiger partial charge in [-0.25, -0.2) is 0 Å². The lowest BCUT2D eigenvalue weighted by Gasteiger charge is -2.35. The summed E-state index contributed by atoms with van der Waals surface area (Å²) in [6, 6.07) is 5.86. The van der Waals surface area contributed by atoms with E-state index < -0.39 is 0 Å². The van der Waals surface area contributed by atoms with Crippen LogP contribution in [0.5, 0.6) is 5.75 Å². The Balaban J connectivity index is 2.24. The van der Waals surface area contributed by atoms with Gasteiger partial charge in [0.2, 0.25) is 0 Å². The molecule has 2 N–H and O–H groups in total. The molecule has 1 saturated heterocycles. The number of nitrogens with one attached hydrogen (secondary N) is 1. The summed E-state index contributed by atoms with van der Waals surface area (Å²) in [4.78, 5) is 2.40. The lowest BCUT2D eigenvalue weighted by molar-refractivity contribution is 0.167. The normalized spacial score (nSPS) is 19.2. The van der Waals surface area contributed by atoms with Gasteiger partial charge in [-0.3, -0.25) is 4.90 Å². The number of piperazine rings is 1. The third-order valence-electron chi connectivity index (χ3n) is 3.36. The van der Waals surface area contributed by atoms with Crippen molar-refractivity contribution in [2.45, 2.75) is 19.4 Å². The van der Waals surface area contributed by atoms with E-state index in [1.807, 2.05) is 12.1 Å². The van der Waals surface area contributed by atoms with Crippen molar-refractivity contribution in [1.82, 2.24) is 10.2 Å². The van der Waals surface area contributed by atoms with E-state index in [1.54, 1.807) is 6.07 Å². The number of hydrogen-bond donors (Lipinski definition) is 2. The summed E-state index contributed by atoms with van der Waals surface area (Å²) in [6.45, 7) is 6.21. The van der Waals surface area contributed by atoms with Crippen molar-refractivity contribution in [1.29, 1.82) is 0 Å². The minimum Gasteiger partial charge on any atom is -0.506 e. The molecule has 4 heteroatoms. The summed E-state index contributed by atoms with van der Waals surface area (Å²) in [5, 5.41) is 13.8. The first-order valence-corrected chi connectivity index (χ1v) is 6.54. The molecule has 0 saturated carbocycles. The number of rotatable bonds is 3. The van der Waals surface area contributed by atoms with E-state index in [2.05, 4.69) is 17.1 Å². The van der Waals surface area contributed by atoms with Gasteiger partial charge in [-0.2, -0.15) is 0 Å². The van der Waals surface area contributed by atoms with Gasteiger partial charge in [0, 0.05) is 37.8 Å². The first-order chi connectivity index (χ1) is 8.24. The van der Waals surface area contributed by atoms with Crippen LogP contribution in [0.15, 0.2) is 18.2 Å². The summed E-state index contributed by atoms with van der Waals surface area (Å²) in [5.41, 5.74) is 0.946. The van der Waals surface area contributed by atoms with E-state index >= 15 is 0 Å². The van der Waals surface area contributed by atoms with Crippen molar-refractivity contribution < 1.29 is 5.11 Å². The molecule has 0 unspecified atom stereocenters. The fourth-order valence-corrected chi connectivity index (χ4v) is 2.65. The fraction of sp³-hybridized carbons (Fsp3) is 0.538. The number of benzene rings is 1. The molecular weight excluding hydrogens is 236 g/mol. The molecule has 3 nitrogen and oxygen atoms in total. The van der Waals surface area contributed by atoms with Crippen LogP contribution in [-0.4, -0.2) is 36.2 Å². The smallest absolute Gasteiger partial charge is 0.138 e. The van der Waals surface area contributed by atoms with Crippen molar-refractivity contribution in [2.75, 3.05) is 26.2 Å². The minimum atomic E-state index is 0.236. The molecule has 1 heterocycles. The van der Waals surface area contributed by atoms with E-state index in [9.17, 15) is 5.11 Å². The van der Waals surface area contributed by atoms with Crippen LogP contribution in [0.3, 0.4) is 0 Å². The lowest BCUT2D eigenvalue weighted by Crippen LogP contribution is -2.45. The summed E-state index contributed by atoms with van der Waals surface area (Å²) >= 11 is 5.97. The molecule has 0 aromatic heterocycles. The van der Waals surface area contributed by atoms with Crippen molar-refractivity contribution in [3.63, 3.8) is 0 Å². The highest BCUT2D eigenvalue weighted by Gasteiger charge is 2.23. The second-order valence-electron chi connectivity index (χ2n) is 4.39. The third kappa shape index (κ3) is 2.73. The van der Waals surface area contributed by atoms with Gasteiger partial charge in [0.05, 0.1) is 5.02 Å². The Hall–Kier alpha value is -0.770. The maximum Gasteiger partial charge on any atom is 0.138 e. The summed E-state index contributed by atoms with van der Waals surface area (Å²) in [6.07, 6.45) is 0.980. The number of para-hydroxylation sites is 1. The number of aromatic hydroxyl groups is 1.